The lowest BCUT2D eigenvalue weighted by molar-refractivity contribution is -0.388. The molecule has 0 bridgehead atoms. The Hall–Kier alpha value is -3.45. The molecule has 0 aromatic heterocycles. The van der Waals surface area contributed by atoms with Crippen molar-refractivity contribution in [3.63, 3.8) is 0 Å². The number of anilines is 1. The largest absolute Gasteiger partial charge is 0.488 e. The zero-order chi connectivity index (χ0) is 30.0. The van der Waals surface area contributed by atoms with Gasteiger partial charge in [-0.3, -0.25) is 19.8 Å². The van der Waals surface area contributed by atoms with Gasteiger partial charge in [-0.15, -0.1) is 0 Å². The molecule has 1 aliphatic carbocycles. The van der Waals surface area contributed by atoms with Crippen LogP contribution in [0.5, 0.6) is 5.75 Å². The van der Waals surface area contributed by atoms with Crippen molar-refractivity contribution >= 4 is 17.3 Å². The van der Waals surface area contributed by atoms with Crippen molar-refractivity contribution in [3.05, 3.63) is 63.5 Å². The monoisotopic (exact) mass is 594 g/mol. The van der Waals surface area contributed by atoms with Crippen LogP contribution < -0.4 is 9.64 Å². The maximum Gasteiger partial charge on any atom is 0.423 e. The Labute approximate surface area is 241 Å². The third kappa shape index (κ3) is 6.95. The molecule has 2 aliphatic heterocycles. The van der Waals surface area contributed by atoms with Crippen LogP contribution in [0.2, 0.25) is 0 Å². The smallest absolute Gasteiger partial charge is 0.423 e. The number of carbonyl (C=O) groups excluding carboxylic acids is 1. The first-order chi connectivity index (χ1) is 20.0. The Kier molecular flexibility index (Phi) is 8.88. The normalized spacial score (nSPS) is 22.9. The maximum atomic E-state index is 13.5. The third-order valence-corrected chi connectivity index (χ3v) is 8.47. The van der Waals surface area contributed by atoms with Crippen LogP contribution in [0.25, 0.3) is 0 Å². The maximum absolute atomic E-state index is 13.5. The average Bonchev–Trinajstić information content (AvgIpc) is 3.36. The van der Waals surface area contributed by atoms with Gasteiger partial charge in [0.05, 0.1) is 11.0 Å². The number of halogens is 4. The molecule has 0 N–H and O–H groups in total. The van der Waals surface area contributed by atoms with Gasteiger partial charge in [0.1, 0.15) is 29.8 Å². The Morgan fingerprint density at radius 2 is 1.81 bits per heavy atom. The minimum absolute atomic E-state index is 0.0188. The average molecular weight is 595 g/mol. The molecule has 13 heteroatoms. The Balaban J connectivity index is 1.03. The van der Waals surface area contributed by atoms with Crippen molar-refractivity contribution in [3.8, 4) is 5.75 Å². The predicted octanol–water partition coefficient (Wildman–Crippen LogP) is 4.66. The fourth-order valence-corrected chi connectivity index (χ4v) is 6.08. The first-order valence-electron chi connectivity index (χ1n) is 14.1. The molecule has 1 saturated carbocycles. The van der Waals surface area contributed by atoms with Gasteiger partial charge in [0.2, 0.25) is 5.91 Å². The van der Waals surface area contributed by atoms with Gasteiger partial charge in [0, 0.05) is 69.6 Å². The number of nitro groups is 1. The number of nitrogens with zero attached hydrogens (tertiary/aromatic N) is 4. The van der Waals surface area contributed by atoms with E-state index in [9.17, 15) is 32.5 Å². The van der Waals surface area contributed by atoms with Gasteiger partial charge in [-0.1, -0.05) is 0 Å². The SMILES string of the molecule is CN(c1ccc([N+](=O)[O-])c(C(F)(F)F)c1)[C@H]1CC[C@H](OCC(=O)N2CCN(CC3Cc4cc(F)ccc4O3)CC2)CC1. The van der Waals surface area contributed by atoms with Crippen molar-refractivity contribution in [2.45, 2.75) is 56.5 Å². The van der Waals surface area contributed by atoms with Crippen molar-refractivity contribution in [2.24, 2.45) is 0 Å². The van der Waals surface area contributed by atoms with Crippen molar-refractivity contribution in [2.75, 3.05) is 51.3 Å². The van der Waals surface area contributed by atoms with Crippen LogP contribution in [-0.2, 0) is 22.1 Å². The Morgan fingerprint density at radius 3 is 2.48 bits per heavy atom. The molecule has 2 aromatic carbocycles. The highest BCUT2D eigenvalue weighted by Gasteiger charge is 2.39. The lowest BCUT2D eigenvalue weighted by Crippen LogP contribution is -2.51. The van der Waals surface area contributed by atoms with Crippen molar-refractivity contribution in [1.29, 1.82) is 0 Å². The summed E-state index contributed by atoms with van der Waals surface area (Å²) < 4.78 is 65.5. The molecule has 42 heavy (non-hydrogen) atoms. The predicted molar refractivity (Wildman–Crippen MR) is 146 cm³/mol. The van der Waals surface area contributed by atoms with Crippen LogP contribution in [0.15, 0.2) is 36.4 Å². The van der Waals surface area contributed by atoms with Crippen LogP contribution in [0.1, 0.15) is 36.8 Å². The summed E-state index contributed by atoms with van der Waals surface area (Å²) >= 11 is 0. The van der Waals surface area contributed by atoms with Gasteiger partial charge in [-0.05, 0) is 56.0 Å². The number of hydrogen-bond donors (Lipinski definition) is 0. The number of rotatable bonds is 8. The molecule has 0 radical (unpaired) electrons. The lowest BCUT2D eigenvalue weighted by atomic mass is 9.91. The summed E-state index contributed by atoms with van der Waals surface area (Å²) in [6.07, 6.45) is -1.69. The van der Waals surface area contributed by atoms with Gasteiger partial charge >= 0.3 is 6.18 Å². The molecule has 0 spiro atoms. The van der Waals surface area contributed by atoms with Crippen LogP contribution in [0.4, 0.5) is 28.9 Å². The second kappa shape index (κ2) is 12.4. The summed E-state index contributed by atoms with van der Waals surface area (Å²) in [7, 11) is 1.69. The fraction of sp³-hybridized carbons (Fsp3) is 0.552. The van der Waals surface area contributed by atoms with Gasteiger partial charge in [0.25, 0.3) is 5.69 Å². The molecule has 2 fully saturated rings. The molecule has 1 unspecified atom stereocenters. The van der Waals surface area contributed by atoms with Crippen LogP contribution >= 0.6 is 0 Å². The van der Waals surface area contributed by atoms with E-state index in [4.69, 9.17) is 9.47 Å². The van der Waals surface area contributed by atoms with Crippen LogP contribution in [-0.4, -0.2) is 85.3 Å². The minimum atomic E-state index is -4.83. The highest BCUT2D eigenvalue weighted by atomic mass is 19.4. The third-order valence-electron chi connectivity index (χ3n) is 8.47. The van der Waals surface area contributed by atoms with E-state index in [1.54, 1.807) is 22.9 Å². The van der Waals surface area contributed by atoms with Gasteiger partial charge in [0.15, 0.2) is 0 Å². The molecule has 3 aliphatic rings. The van der Waals surface area contributed by atoms with Crippen LogP contribution in [0.3, 0.4) is 0 Å². The first kappa shape index (κ1) is 30.0. The summed E-state index contributed by atoms with van der Waals surface area (Å²) in [6, 6.07) is 7.61. The fourth-order valence-electron chi connectivity index (χ4n) is 6.08. The summed E-state index contributed by atoms with van der Waals surface area (Å²) in [5.74, 6) is 0.396. The van der Waals surface area contributed by atoms with E-state index in [2.05, 4.69) is 4.90 Å². The molecular weight excluding hydrogens is 560 g/mol. The Bertz CT molecular complexity index is 1290. The molecule has 1 amide bonds. The van der Waals surface area contributed by atoms with E-state index < -0.39 is 22.4 Å². The number of amides is 1. The summed E-state index contributed by atoms with van der Waals surface area (Å²) in [5.41, 5.74) is -1.07. The van der Waals surface area contributed by atoms with E-state index in [-0.39, 0.29) is 42.3 Å². The molecule has 228 valence electrons. The first-order valence-corrected chi connectivity index (χ1v) is 14.1. The van der Waals surface area contributed by atoms with E-state index in [1.165, 1.54) is 18.2 Å². The highest BCUT2D eigenvalue weighted by Crippen LogP contribution is 2.39. The number of ether oxygens (including phenoxy) is 2. The second-order valence-corrected chi connectivity index (χ2v) is 11.2. The lowest BCUT2D eigenvalue weighted by Gasteiger charge is -2.37. The van der Waals surface area contributed by atoms with Gasteiger partial charge < -0.3 is 19.3 Å². The number of benzene rings is 2. The van der Waals surface area contributed by atoms with Gasteiger partial charge in [-0.25, -0.2) is 4.39 Å². The number of carbonyl (C=O) groups is 1. The topological polar surface area (TPSA) is 88.4 Å². The number of hydrogen-bond acceptors (Lipinski definition) is 7. The standard InChI is InChI=1S/C29H34F4N4O5/c1-34(22-5-8-26(37(39)40)25(16-22)29(31,32)33)21-3-6-23(7-4-21)41-18-28(38)36-12-10-35(11-13-36)17-24-15-19-14-20(30)2-9-27(19)42-24/h2,5,8-9,14,16,21,23-24H,3-4,6-7,10-13,15,17-18H2,1H3/t21-,23-,24?. The van der Waals surface area contributed by atoms with Gasteiger partial charge in [-0.2, -0.15) is 13.2 Å². The molecule has 2 aromatic rings. The number of nitro benzene ring substituents is 1. The molecule has 2 heterocycles. The highest BCUT2D eigenvalue weighted by molar-refractivity contribution is 5.77. The quantitative estimate of drug-likeness (QED) is 0.250. The molecular formula is C29H34F4N4O5. The molecule has 5 rings (SSSR count). The van der Waals surface area contributed by atoms with E-state index in [1.807, 2.05) is 0 Å². The van der Waals surface area contributed by atoms with Crippen LogP contribution in [0, 0.1) is 15.9 Å². The minimum Gasteiger partial charge on any atom is -0.488 e. The molecule has 1 atom stereocenters. The second-order valence-electron chi connectivity index (χ2n) is 11.2. The van der Waals surface area contributed by atoms with E-state index in [0.717, 1.165) is 23.4 Å². The van der Waals surface area contributed by atoms with E-state index >= 15 is 0 Å². The number of piperazine rings is 1. The summed E-state index contributed by atoms with van der Waals surface area (Å²) in [5, 5.41) is 11.1. The number of fused-ring (bicyclic) bond motifs is 1. The van der Waals surface area contributed by atoms with Crippen molar-refractivity contribution < 1.29 is 36.8 Å². The zero-order valence-corrected chi connectivity index (χ0v) is 23.3. The van der Waals surface area contributed by atoms with E-state index in [0.29, 0.717) is 64.8 Å². The summed E-state index contributed by atoms with van der Waals surface area (Å²) in [4.78, 5) is 28.6. The summed E-state index contributed by atoms with van der Waals surface area (Å²) in [6.45, 7) is 3.30. The molecule has 1 saturated heterocycles. The number of alkyl halides is 3. The zero-order valence-electron chi connectivity index (χ0n) is 23.3. The van der Waals surface area contributed by atoms with Crippen molar-refractivity contribution in [1.82, 2.24) is 9.80 Å². The Morgan fingerprint density at radius 1 is 1.10 bits per heavy atom. The molecule has 9 nitrogen and oxygen atoms in total.